The van der Waals surface area contributed by atoms with Gasteiger partial charge in [-0.25, -0.2) is 0 Å². The zero-order valence-corrected chi connectivity index (χ0v) is 11.1. The molecule has 0 amide bonds. The number of fused-ring (bicyclic) bond motifs is 2. The van der Waals surface area contributed by atoms with E-state index in [2.05, 4.69) is 30.6 Å². The molecule has 0 radical (unpaired) electrons. The summed E-state index contributed by atoms with van der Waals surface area (Å²) in [6.07, 6.45) is 6.63. The van der Waals surface area contributed by atoms with E-state index in [-0.39, 0.29) is 0 Å². The molecular weight excluding hydrogens is 214 g/mol. The molecule has 0 bridgehead atoms. The van der Waals surface area contributed by atoms with E-state index in [1.165, 1.54) is 38.6 Å². The van der Waals surface area contributed by atoms with Crippen molar-refractivity contribution in [3.8, 4) is 0 Å². The van der Waals surface area contributed by atoms with Crippen LogP contribution in [0.5, 0.6) is 0 Å². The van der Waals surface area contributed by atoms with Crippen molar-refractivity contribution in [1.29, 1.82) is 0 Å². The van der Waals surface area contributed by atoms with Crippen LogP contribution in [0.4, 0.5) is 0 Å². The first-order chi connectivity index (χ1) is 7.61. The van der Waals surface area contributed by atoms with Gasteiger partial charge in [0.25, 0.3) is 0 Å². The van der Waals surface area contributed by atoms with E-state index in [9.17, 15) is 0 Å². The Balaban J connectivity index is 2.00. The number of thiophene rings is 1. The van der Waals surface area contributed by atoms with Gasteiger partial charge in [0.2, 0.25) is 0 Å². The molecule has 1 spiro atoms. The lowest BCUT2D eigenvalue weighted by molar-refractivity contribution is 0.116. The average Bonchev–Trinajstić information content (AvgIpc) is 2.65. The Morgan fingerprint density at radius 3 is 3.00 bits per heavy atom. The molecule has 88 valence electrons. The molecule has 0 saturated heterocycles. The van der Waals surface area contributed by atoms with Crippen molar-refractivity contribution >= 4 is 11.3 Å². The fourth-order valence-electron chi connectivity index (χ4n) is 3.68. The summed E-state index contributed by atoms with van der Waals surface area (Å²) in [6.45, 7) is 6.02. The van der Waals surface area contributed by atoms with Gasteiger partial charge in [-0.05, 0) is 48.1 Å². The minimum atomic E-state index is 0.323. The highest BCUT2D eigenvalue weighted by Crippen LogP contribution is 2.49. The molecule has 1 unspecified atom stereocenters. The zero-order valence-electron chi connectivity index (χ0n) is 10.3. The Labute approximate surface area is 102 Å². The van der Waals surface area contributed by atoms with Gasteiger partial charge in [-0.1, -0.05) is 20.3 Å². The molecule has 2 aliphatic rings. The smallest absolute Gasteiger partial charge is 0.0536 e. The van der Waals surface area contributed by atoms with Gasteiger partial charge in [0.05, 0.1) is 5.54 Å². The molecule has 1 aromatic rings. The van der Waals surface area contributed by atoms with Crippen LogP contribution in [0, 0.1) is 5.41 Å². The Bertz CT molecular complexity index is 393. The van der Waals surface area contributed by atoms with Gasteiger partial charge < -0.3 is 5.32 Å². The molecule has 1 saturated carbocycles. The third-order valence-corrected chi connectivity index (χ3v) is 5.44. The predicted octanol–water partition coefficient (Wildman–Crippen LogP) is 3.69. The first-order valence-electron chi connectivity index (χ1n) is 6.43. The van der Waals surface area contributed by atoms with Crippen molar-refractivity contribution in [2.45, 2.75) is 51.5 Å². The largest absolute Gasteiger partial charge is 0.306 e. The number of nitrogens with one attached hydrogen (secondary N) is 1. The van der Waals surface area contributed by atoms with E-state index in [0.717, 1.165) is 0 Å². The van der Waals surface area contributed by atoms with Crippen molar-refractivity contribution in [3.63, 3.8) is 0 Å². The minimum absolute atomic E-state index is 0.323. The lowest BCUT2D eigenvalue weighted by Gasteiger charge is -2.47. The van der Waals surface area contributed by atoms with Gasteiger partial charge in [-0.2, -0.15) is 0 Å². The third-order valence-electron chi connectivity index (χ3n) is 4.28. The molecule has 1 aliphatic carbocycles. The van der Waals surface area contributed by atoms with Crippen molar-refractivity contribution < 1.29 is 0 Å². The van der Waals surface area contributed by atoms with Crippen molar-refractivity contribution in [2.75, 3.05) is 6.54 Å². The molecule has 2 heterocycles. The van der Waals surface area contributed by atoms with Gasteiger partial charge in [0.15, 0.2) is 0 Å². The molecule has 0 aromatic carbocycles. The maximum atomic E-state index is 3.84. The summed E-state index contributed by atoms with van der Waals surface area (Å²) in [6, 6.07) is 2.34. The predicted molar refractivity (Wildman–Crippen MR) is 70.0 cm³/mol. The van der Waals surface area contributed by atoms with E-state index in [0.29, 0.717) is 11.0 Å². The van der Waals surface area contributed by atoms with Crippen LogP contribution in [0.15, 0.2) is 11.4 Å². The Kier molecular flexibility index (Phi) is 2.41. The Morgan fingerprint density at radius 1 is 1.31 bits per heavy atom. The fourth-order valence-corrected chi connectivity index (χ4v) is 4.84. The van der Waals surface area contributed by atoms with E-state index < -0.39 is 0 Å². The number of hydrogen-bond acceptors (Lipinski definition) is 2. The first kappa shape index (κ1) is 10.8. The quantitative estimate of drug-likeness (QED) is 0.723. The van der Waals surface area contributed by atoms with Crippen LogP contribution in [-0.4, -0.2) is 6.54 Å². The molecule has 1 fully saturated rings. The van der Waals surface area contributed by atoms with E-state index in [1.807, 2.05) is 11.3 Å². The molecule has 1 N–H and O–H groups in total. The SMILES string of the molecule is CC1(C)CCCC2(C1)NCCc1ccsc12. The number of rotatable bonds is 0. The van der Waals surface area contributed by atoms with Crippen LogP contribution in [0.2, 0.25) is 0 Å². The summed E-state index contributed by atoms with van der Waals surface area (Å²) in [7, 11) is 0. The van der Waals surface area contributed by atoms with E-state index in [4.69, 9.17) is 0 Å². The highest BCUT2D eigenvalue weighted by Gasteiger charge is 2.44. The summed E-state index contributed by atoms with van der Waals surface area (Å²) in [4.78, 5) is 1.64. The number of hydrogen-bond donors (Lipinski definition) is 1. The second-order valence-electron chi connectivity index (χ2n) is 6.23. The summed E-state index contributed by atoms with van der Waals surface area (Å²) < 4.78 is 0. The zero-order chi connectivity index (χ0) is 11.2. The average molecular weight is 235 g/mol. The van der Waals surface area contributed by atoms with Crippen molar-refractivity contribution in [2.24, 2.45) is 5.41 Å². The standard InChI is InChI=1S/C14H21NS/c1-13(2)6-3-7-14(10-13)12-11(4-8-15-14)5-9-16-12/h5,9,15H,3-4,6-8,10H2,1-2H3. The van der Waals surface area contributed by atoms with Crippen molar-refractivity contribution in [3.05, 3.63) is 21.9 Å². The van der Waals surface area contributed by atoms with Crippen LogP contribution in [0.1, 0.15) is 50.0 Å². The maximum Gasteiger partial charge on any atom is 0.0536 e. The van der Waals surface area contributed by atoms with Crippen molar-refractivity contribution in [1.82, 2.24) is 5.32 Å². The maximum absolute atomic E-state index is 3.84. The normalized spacial score (nSPS) is 32.6. The fraction of sp³-hybridized carbons (Fsp3) is 0.714. The highest BCUT2D eigenvalue weighted by atomic mass is 32.1. The molecule has 1 nitrogen and oxygen atoms in total. The lowest BCUT2D eigenvalue weighted by Crippen LogP contribution is -2.51. The van der Waals surface area contributed by atoms with E-state index in [1.54, 1.807) is 10.4 Å². The molecule has 2 heteroatoms. The third kappa shape index (κ3) is 1.63. The monoisotopic (exact) mass is 235 g/mol. The molecule has 16 heavy (non-hydrogen) atoms. The highest BCUT2D eigenvalue weighted by molar-refractivity contribution is 7.10. The van der Waals surface area contributed by atoms with Crippen LogP contribution in [0.3, 0.4) is 0 Å². The molecule has 1 atom stereocenters. The van der Waals surface area contributed by atoms with Crippen LogP contribution < -0.4 is 5.32 Å². The summed E-state index contributed by atoms with van der Waals surface area (Å²) >= 11 is 1.97. The Hall–Kier alpha value is -0.340. The molecular formula is C14H21NS. The molecule has 3 rings (SSSR count). The topological polar surface area (TPSA) is 12.0 Å². The molecule has 1 aromatic heterocycles. The van der Waals surface area contributed by atoms with Crippen LogP contribution in [0.25, 0.3) is 0 Å². The van der Waals surface area contributed by atoms with Gasteiger partial charge >= 0.3 is 0 Å². The van der Waals surface area contributed by atoms with Crippen LogP contribution in [-0.2, 0) is 12.0 Å². The summed E-state index contributed by atoms with van der Waals surface area (Å²) in [5.74, 6) is 0. The summed E-state index contributed by atoms with van der Waals surface area (Å²) in [5.41, 5.74) is 2.44. The molecule has 1 aliphatic heterocycles. The van der Waals surface area contributed by atoms with Gasteiger partial charge in [0.1, 0.15) is 0 Å². The van der Waals surface area contributed by atoms with Gasteiger partial charge in [0, 0.05) is 11.4 Å². The Morgan fingerprint density at radius 2 is 2.19 bits per heavy atom. The van der Waals surface area contributed by atoms with Gasteiger partial charge in [-0.3, -0.25) is 0 Å². The van der Waals surface area contributed by atoms with Crippen LogP contribution >= 0.6 is 11.3 Å². The summed E-state index contributed by atoms with van der Waals surface area (Å²) in [5, 5.41) is 6.12. The van der Waals surface area contributed by atoms with E-state index >= 15 is 0 Å². The second-order valence-corrected chi connectivity index (χ2v) is 7.14. The lowest BCUT2D eigenvalue weighted by atomic mass is 9.66. The minimum Gasteiger partial charge on any atom is -0.306 e. The van der Waals surface area contributed by atoms with Gasteiger partial charge in [-0.15, -0.1) is 11.3 Å². The second kappa shape index (κ2) is 3.58. The first-order valence-corrected chi connectivity index (χ1v) is 7.31.